The van der Waals surface area contributed by atoms with Crippen molar-refractivity contribution in [2.24, 2.45) is 0 Å². The number of hydrogen-bond donors (Lipinski definition) is 1. The van der Waals surface area contributed by atoms with E-state index in [2.05, 4.69) is 11.9 Å². The predicted octanol–water partition coefficient (Wildman–Crippen LogP) is 1.11. The molecule has 0 aliphatic carbocycles. The van der Waals surface area contributed by atoms with E-state index in [0.29, 0.717) is 18.8 Å². The van der Waals surface area contributed by atoms with Gasteiger partial charge < -0.3 is 14.8 Å². The molecule has 1 amide bonds. The van der Waals surface area contributed by atoms with Crippen LogP contribution in [-0.4, -0.2) is 51.1 Å². The third-order valence-corrected chi connectivity index (χ3v) is 5.37. The maximum Gasteiger partial charge on any atom is 0.331 e. The van der Waals surface area contributed by atoms with E-state index in [9.17, 15) is 18.0 Å². The molecule has 1 aromatic rings. The number of hydrogen-bond acceptors (Lipinski definition) is 6. The number of sulfone groups is 1. The Bertz CT molecular complexity index is 782. The number of benzene rings is 1. The molecule has 0 spiro atoms. The molecular weight excluding hydrogens is 358 g/mol. The Hall–Kier alpha value is -2.61. The molecule has 0 bridgehead atoms. The van der Waals surface area contributed by atoms with Crippen LogP contribution in [0.3, 0.4) is 0 Å². The summed E-state index contributed by atoms with van der Waals surface area (Å²) >= 11 is 0. The summed E-state index contributed by atoms with van der Waals surface area (Å²) in [6.07, 6.45) is 4.80. The van der Waals surface area contributed by atoms with Crippen LogP contribution < -0.4 is 10.1 Å². The Morgan fingerprint density at radius 3 is 2.62 bits per heavy atom. The zero-order valence-electron chi connectivity index (χ0n) is 14.2. The third kappa shape index (κ3) is 6.72. The molecule has 1 atom stereocenters. The van der Waals surface area contributed by atoms with Gasteiger partial charge in [0.05, 0.1) is 11.5 Å². The number of carbonyl (C=O) groups is 2. The maximum atomic E-state index is 11.7. The molecule has 2 rings (SSSR count). The topological polar surface area (TPSA) is 98.8 Å². The first-order valence-electron chi connectivity index (χ1n) is 8.06. The Labute approximate surface area is 152 Å². The summed E-state index contributed by atoms with van der Waals surface area (Å²) in [5.41, 5.74) is 0.772. The van der Waals surface area contributed by atoms with Crippen molar-refractivity contribution in [1.82, 2.24) is 5.32 Å². The second kappa shape index (κ2) is 9.19. The van der Waals surface area contributed by atoms with E-state index in [0.717, 1.165) is 5.56 Å². The van der Waals surface area contributed by atoms with Crippen molar-refractivity contribution in [2.75, 3.05) is 24.7 Å². The van der Waals surface area contributed by atoms with Crippen LogP contribution >= 0.6 is 0 Å². The molecule has 1 fully saturated rings. The van der Waals surface area contributed by atoms with Gasteiger partial charge in [-0.05, 0) is 30.2 Å². The minimum atomic E-state index is -3.07. The summed E-state index contributed by atoms with van der Waals surface area (Å²) < 4.78 is 32.8. The van der Waals surface area contributed by atoms with Crippen LogP contribution in [0.25, 0.3) is 6.08 Å². The van der Waals surface area contributed by atoms with Crippen LogP contribution in [-0.2, 0) is 24.2 Å². The summed E-state index contributed by atoms with van der Waals surface area (Å²) in [5, 5.41) is 2.55. The molecule has 0 radical (unpaired) electrons. The predicted molar refractivity (Wildman–Crippen MR) is 97.3 cm³/mol. The molecule has 8 heteroatoms. The average molecular weight is 379 g/mol. The Morgan fingerprint density at radius 1 is 1.27 bits per heavy atom. The highest BCUT2D eigenvalue weighted by Crippen LogP contribution is 2.13. The van der Waals surface area contributed by atoms with Crippen LogP contribution in [0.5, 0.6) is 5.75 Å². The van der Waals surface area contributed by atoms with Crippen molar-refractivity contribution >= 4 is 27.8 Å². The second-order valence-corrected chi connectivity index (χ2v) is 8.01. The van der Waals surface area contributed by atoms with Crippen molar-refractivity contribution in [3.05, 3.63) is 48.6 Å². The lowest BCUT2D eigenvalue weighted by molar-refractivity contribution is -0.143. The number of ether oxygens (including phenoxy) is 2. The highest BCUT2D eigenvalue weighted by molar-refractivity contribution is 7.91. The number of nitrogens with one attached hydrogen (secondary N) is 1. The number of rotatable bonds is 8. The summed E-state index contributed by atoms with van der Waals surface area (Å²) in [4.78, 5) is 23.3. The van der Waals surface area contributed by atoms with Crippen LogP contribution in [0.4, 0.5) is 0 Å². The minimum Gasteiger partial charge on any atom is -0.490 e. The van der Waals surface area contributed by atoms with E-state index in [1.807, 2.05) is 0 Å². The molecule has 1 heterocycles. The molecule has 1 aliphatic rings. The lowest BCUT2D eigenvalue weighted by Crippen LogP contribution is -2.38. The normalized spacial score (nSPS) is 18.4. The van der Waals surface area contributed by atoms with E-state index < -0.39 is 34.4 Å². The van der Waals surface area contributed by atoms with Gasteiger partial charge >= 0.3 is 5.97 Å². The fourth-order valence-electron chi connectivity index (χ4n) is 2.36. The molecule has 1 unspecified atom stereocenters. The van der Waals surface area contributed by atoms with E-state index in [1.54, 1.807) is 36.4 Å². The van der Waals surface area contributed by atoms with Gasteiger partial charge in [0.1, 0.15) is 12.4 Å². The summed E-state index contributed by atoms with van der Waals surface area (Å²) in [6.45, 7) is 3.53. The number of amides is 1. The van der Waals surface area contributed by atoms with Crippen LogP contribution in [0.1, 0.15) is 12.0 Å². The largest absolute Gasteiger partial charge is 0.490 e. The number of esters is 1. The SMILES string of the molecule is C=CCOc1ccc(/C=C/C(=O)OCC(=O)NC2CCS(=O)(=O)C2)cc1. The molecule has 7 nitrogen and oxygen atoms in total. The molecule has 1 aromatic carbocycles. The van der Waals surface area contributed by atoms with Gasteiger partial charge in [0.25, 0.3) is 5.91 Å². The van der Waals surface area contributed by atoms with Gasteiger partial charge in [-0.15, -0.1) is 0 Å². The Kier molecular flexibility index (Phi) is 6.97. The van der Waals surface area contributed by atoms with Gasteiger partial charge in [0, 0.05) is 12.1 Å². The van der Waals surface area contributed by atoms with E-state index in [-0.39, 0.29) is 11.5 Å². The zero-order valence-corrected chi connectivity index (χ0v) is 15.0. The highest BCUT2D eigenvalue weighted by Gasteiger charge is 2.28. The van der Waals surface area contributed by atoms with Crippen molar-refractivity contribution in [3.63, 3.8) is 0 Å². The van der Waals surface area contributed by atoms with Crippen LogP contribution in [0.2, 0.25) is 0 Å². The van der Waals surface area contributed by atoms with Crippen molar-refractivity contribution in [2.45, 2.75) is 12.5 Å². The van der Waals surface area contributed by atoms with Gasteiger partial charge in [0.15, 0.2) is 16.4 Å². The van der Waals surface area contributed by atoms with Crippen LogP contribution in [0, 0.1) is 0 Å². The summed E-state index contributed by atoms with van der Waals surface area (Å²) in [7, 11) is -3.07. The van der Waals surface area contributed by atoms with Gasteiger partial charge in [-0.1, -0.05) is 24.8 Å². The zero-order chi connectivity index (χ0) is 19.0. The molecule has 140 valence electrons. The quantitative estimate of drug-likeness (QED) is 0.413. The molecule has 1 saturated heterocycles. The maximum absolute atomic E-state index is 11.7. The van der Waals surface area contributed by atoms with Crippen molar-refractivity contribution in [3.8, 4) is 5.75 Å². The minimum absolute atomic E-state index is 0.0674. The van der Waals surface area contributed by atoms with Gasteiger partial charge in [-0.3, -0.25) is 4.79 Å². The molecule has 1 N–H and O–H groups in total. The highest BCUT2D eigenvalue weighted by atomic mass is 32.2. The van der Waals surface area contributed by atoms with Gasteiger partial charge in [-0.2, -0.15) is 0 Å². The second-order valence-electron chi connectivity index (χ2n) is 5.78. The Balaban J connectivity index is 1.73. The first-order valence-corrected chi connectivity index (χ1v) is 9.88. The standard InChI is InChI=1S/C18H21NO6S/c1-2-10-24-16-6-3-14(4-7-16)5-8-18(21)25-12-17(20)19-15-9-11-26(22,23)13-15/h2-8,15H,1,9-13H2,(H,19,20)/b8-5+. The van der Waals surface area contributed by atoms with E-state index in [1.165, 1.54) is 6.08 Å². The lowest BCUT2D eigenvalue weighted by atomic mass is 10.2. The molecule has 26 heavy (non-hydrogen) atoms. The van der Waals surface area contributed by atoms with Gasteiger partial charge in [-0.25, -0.2) is 13.2 Å². The molecule has 0 aromatic heterocycles. The van der Waals surface area contributed by atoms with Gasteiger partial charge in [0.2, 0.25) is 0 Å². The smallest absolute Gasteiger partial charge is 0.331 e. The molecular formula is C18H21NO6S. The fourth-order valence-corrected chi connectivity index (χ4v) is 4.03. The van der Waals surface area contributed by atoms with E-state index in [4.69, 9.17) is 9.47 Å². The summed E-state index contributed by atoms with van der Waals surface area (Å²) in [6, 6.07) is 6.66. The Morgan fingerprint density at radius 2 is 2.00 bits per heavy atom. The third-order valence-electron chi connectivity index (χ3n) is 3.60. The fraction of sp³-hybridized carbons (Fsp3) is 0.333. The lowest BCUT2D eigenvalue weighted by Gasteiger charge is -2.10. The van der Waals surface area contributed by atoms with Crippen molar-refractivity contribution in [1.29, 1.82) is 0 Å². The molecule has 0 saturated carbocycles. The van der Waals surface area contributed by atoms with E-state index >= 15 is 0 Å². The average Bonchev–Trinajstić information content (AvgIpc) is 2.95. The van der Waals surface area contributed by atoms with Crippen molar-refractivity contribution < 1.29 is 27.5 Å². The summed E-state index contributed by atoms with van der Waals surface area (Å²) in [5.74, 6) is -0.490. The van der Waals surface area contributed by atoms with Crippen LogP contribution in [0.15, 0.2) is 43.0 Å². The number of carbonyl (C=O) groups excluding carboxylic acids is 2. The first-order chi connectivity index (χ1) is 12.4. The molecule has 1 aliphatic heterocycles. The first kappa shape index (κ1) is 19.7. The monoisotopic (exact) mass is 379 g/mol.